The molecule has 2 aromatic rings. The number of rotatable bonds is 5. The fraction of sp³-hybridized carbons (Fsp3) is 0.125. The SMILES string of the molecule is COC(=O)c1ccc(Sc2ccc(O)cc2)c(CC(=O)O)c1. The van der Waals surface area contributed by atoms with E-state index in [0.29, 0.717) is 11.1 Å². The zero-order valence-electron chi connectivity index (χ0n) is 11.8. The van der Waals surface area contributed by atoms with Gasteiger partial charge in [0.1, 0.15) is 5.75 Å². The van der Waals surface area contributed by atoms with Crippen molar-refractivity contribution < 1.29 is 24.5 Å². The minimum absolute atomic E-state index is 0.163. The molecule has 0 saturated heterocycles. The van der Waals surface area contributed by atoms with Crippen LogP contribution < -0.4 is 0 Å². The van der Waals surface area contributed by atoms with E-state index in [9.17, 15) is 14.7 Å². The topological polar surface area (TPSA) is 83.8 Å². The summed E-state index contributed by atoms with van der Waals surface area (Å²) in [4.78, 5) is 24.2. The number of ether oxygens (including phenoxy) is 1. The third kappa shape index (κ3) is 4.02. The second kappa shape index (κ2) is 7.00. The van der Waals surface area contributed by atoms with Gasteiger partial charge in [0, 0.05) is 9.79 Å². The normalized spacial score (nSPS) is 10.2. The second-order valence-electron chi connectivity index (χ2n) is 4.48. The lowest BCUT2D eigenvalue weighted by atomic mass is 10.1. The number of carboxylic acids is 1. The summed E-state index contributed by atoms with van der Waals surface area (Å²) in [6, 6.07) is 11.4. The van der Waals surface area contributed by atoms with Crippen molar-refractivity contribution in [2.75, 3.05) is 7.11 Å². The maximum absolute atomic E-state index is 11.6. The van der Waals surface area contributed by atoms with Crippen molar-refractivity contribution in [1.82, 2.24) is 0 Å². The van der Waals surface area contributed by atoms with E-state index in [1.54, 1.807) is 36.4 Å². The van der Waals surface area contributed by atoms with Gasteiger partial charge in [0.2, 0.25) is 0 Å². The Kier molecular flexibility index (Phi) is 5.06. The zero-order valence-corrected chi connectivity index (χ0v) is 12.6. The van der Waals surface area contributed by atoms with Crippen LogP contribution in [0.2, 0.25) is 0 Å². The van der Waals surface area contributed by atoms with E-state index in [1.807, 2.05) is 0 Å². The predicted molar refractivity (Wildman–Crippen MR) is 81.4 cm³/mol. The van der Waals surface area contributed by atoms with Crippen molar-refractivity contribution >= 4 is 23.7 Å². The van der Waals surface area contributed by atoms with Crippen molar-refractivity contribution in [1.29, 1.82) is 0 Å². The highest BCUT2D eigenvalue weighted by Gasteiger charge is 2.13. The number of methoxy groups -OCH3 is 1. The van der Waals surface area contributed by atoms with Crippen LogP contribution in [0.25, 0.3) is 0 Å². The molecule has 0 aliphatic heterocycles. The fourth-order valence-electron chi connectivity index (χ4n) is 1.87. The number of carbonyl (C=O) groups excluding carboxylic acids is 1. The van der Waals surface area contributed by atoms with Gasteiger partial charge in [0.05, 0.1) is 19.1 Å². The van der Waals surface area contributed by atoms with Crippen molar-refractivity contribution in [3.05, 3.63) is 53.6 Å². The van der Waals surface area contributed by atoms with Crippen molar-refractivity contribution in [2.24, 2.45) is 0 Å². The Morgan fingerprint density at radius 3 is 2.41 bits per heavy atom. The number of esters is 1. The Bertz CT molecular complexity index is 694. The van der Waals surface area contributed by atoms with Crippen molar-refractivity contribution in [3.8, 4) is 5.75 Å². The minimum Gasteiger partial charge on any atom is -0.508 e. The fourth-order valence-corrected chi connectivity index (χ4v) is 2.79. The van der Waals surface area contributed by atoms with Crippen LogP contribution in [-0.2, 0) is 16.0 Å². The van der Waals surface area contributed by atoms with E-state index in [4.69, 9.17) is 5.11 Å². The third-order valence-electron chi connectivity index (χ3n) is 2.89. The van der Waals surface area contributed by atoms with Crippen LogP contribution in [0.1, 0.15) is 15.9 Å². The van der Waals surface area contributed by atoms with Crippen LogP contribution in [0.5, 0.6) is 5.75 Å². The van der Waals surface area contributed by atoms with Crippen molar-refractivity contribution in [3.63, 3.8) is 0 Å². The first kappa shape index (κ1) is 15.9. The van der Waals surface area contributed by atoms with Crippen molar-refractivity contribution in [2.45, 2.75) is 16.2 Å². The quantitative estimate of drug-likeness (QED) is 0.825. The molecule has 0 fully saturated rings. The van der Waals surface area contributed by atoms with E-state index in [-0.39, 0.29) is 12.2 Å². The largest absolute Gasteiger partial charge is 0.508 e. The third-order valence-corrected chi connectivity index (χ3v) is 4.01. The molecular formula is C16H14O5S. The molecular weight excluding hydrogens is 304 g/mol. The Hall–Kier alpha value is -2.47. The first-order valence-electron chi connectivity index (χ1n) is 6.39. The molecule has 5 nitrogen and oxygen atoms in total. The van der Waals surface area contributed by atoms with Gasteiger partial charge >= 0.3 is 11.9 Å². The number of phenols is 1. The molecule has 0 spiro atoms. The Morgan fingerprint density at radius 1 is 1.14 bits per heavy atom. The van der Waals surface area contributed by atoms with Gasteiger partial charge in [-0.25, -0.2) is 4.79 Å². The average molecular weight is 318 g/mol. The number of benzene rings is 2. The van der Waals surface area contributed by atoms with Gasteiger partial charge in [0.25, 0.3) is 0 Å². The lowest BCUT2D eigenvalue weighted by molar-refractivity contribution is -0.136. The zero-order chi connectivity index (χ0) is 16.1. The standard InChI is InChI=1S/C16H14O5S/c1-21-16(20)10-2-7-14(11(8-10)9-15(18)19)22-13-5-3-12(17)4-6-13/h2-8,17H,9H2,1H3,(H,18,19). The summed E-state index contributed by atoms with van der Waals surface area (Å²) < 4.78 is 4.65. The maximum Gasteiger partial charge on any atom is 0.337 e. The van der Waals surface area contributed by atoms with E-state index >= 15 is 0 Å². The molecule has 0 atom stereocenters. The number of hydrogen-bond donors (Lipinski definition) is 2. The summed E-state index contributed by atoms with van der Waals surface area (Å²) in [5.41, 5.74) is 0.849. The molecule has 0 aliphatic carbocycles. The first-order chi connectivity index (χ1) is 10.5. The monoisotopic (exact) mass is 318 g/mol. The van der Waals surface area contributed by atoms with E-state index in [2.05, 4.69) is 4.74 Å². The molecule has 2 N–H and O–H groups in total. The average Bonchev–Trinajstić information content (AvgIpc) is 2.50. The molecule has 2 aromatic carbocycles. The number of carboxylic acid groups (broad SMARTS) is 1. The van der Waals surface area contributed by atoms with Gasteiger partial charge in [-0.15, -0.1) is 0 Å². The number of carbonyl (C=O) groups is 2. The molecule has 6 heteroatoms. The van der Waals surface area contributed by atoms with Gasteiger partial charge in [-0.2, -0.15) is 0 Å². The van der Waals surface area contributed by atoms with Crippen LogP contribution in [-0.4, -0.2) is 29.3 Å². The number of aliphatic carboxylic acids is 1. The summed E-state index contributed by atoms with van der Waals surface area (Å²) in [6.45, 7) is 0. The van der Waals surface area contributed by atoms with Gasteiger partial charge in [-0.05, 0) is 48.0 Å². The van der Waals surface area contributed by atoms with E-state index in [0.717, 1.165) is 9.79 Å². The second-order valence-corrected chi connectivity index (χ2v) is 5.60. The molecule has 2 rings (SSSR count). The van der Waals surface area contributed by atoms with Crippen LogP contribution in [0, 0.1) is 0 Å². The molecule has 0 saturated carbocycles. The van der Waals surface area contributed by atoms with Gasteiger partial charge < -0.3 is 14.9 Å². The lowest BCUT2D eigenvalue weighted by Crippen LogP contribution is -2.06. The van der Waals surface area contributed by atoms with Crippen LogP contribution in [0.4, 0.5) is 0 Å². The van der Waals surface area contributed by atoms with E-state index in [1.165, 1.54) is 24.9 Å². The molecule has 0 aliphatic rings. The highest BCUT2D eigenvalue weighted by Crippen LogP contribution is 2.32. The van der Waals surface area contributed by atoms with Crippen LogP contribution in [0.15, 0.2) is 52.3 Å². The molecule has 0 unspecified atom stereocenters. The number of aromatic hydroxyl groups is 1. The number of hydrogen-bond acceptors (Lipinski definition) is 5. The first-order valence-corrected chi connectivity index (χ1v) is 7.21. The summed E-state index contributed by atoms with van der Waals surface area (Å²) in [6.07, 6.45) is -0.189. The Balaban J connectivity index is 2.34. The Labute approximate surface area is 131 Å². The van der Waals surface area contributed by atoms with Gasteiger partial charge in [0.15, 0.2) is 0 Å². The highest BCUT2D eigenvalue weighted by atomic mass is 32.2. The molecule has 0 amide bonds. The number of phenolic OH excluding ortho intramolecular Hbond substituents is 1. The van der Waals surface area contributed by atoms with Gasteiger partial charge in [-0.1, -0.05) is 11.8 Å². The highest BCUT2D eigenvalue weighted by molar-refractivity contribution is 7.99. The maximum atomic E-state index is 11.6. The molecule has 0 aromatic heterocycles. The summed E-state index contributed by atoms with van der Waals surface area (Å²) in [7, 11) is 1.28. The van der Waals surface area contributed by atoms with Gasteiger partial charge in [-0.3, -0.25) is 4.79 Å². The molecule has 0 heterocycles. The summed E-state index contributed by atoms with van der Waals surface area (Å²) >= 11 is 1.37. The lowest BCUT2D eigenvalue weighted by Gasteiger charge is -2.09. The summed E-state index contributed by atoms with van der Waals surface area (Å²) in [5.74, 6) is -1.32. The predicted octanol–water partition coefficient (Wildman–Crippen LogP) is 2.96. The molecule has 0 radical (unpaired) electrons. The summed E-state index contributed by atoms with van der Waals surface area (Å²) in [5, 5.41) is 18.3. The smallest absolute Gasteiger partial charge is 0.337 e. The van der Waals surface area contributed by atoms with E-state index < -0.39 is 11.9 Å². The van der Waals surface area contributed by atoms with Crippen LogP contribution in [0.3, 0.4) is 0 Å². The molecule has 0 bridgehead atoms. The van der Waals surface area contributed by atoms with Crippen LogP contribution >= 0.6 is 11.8 Å². The molecule has 114 valence electrons. The molecule has 22 heavy (non-hydrogen) atoms. The minimum atomic E-state index is -0.977. The Morgan fingerprint density at radius 2 is 1.82 bits per heavy atom.